The van der Waals surface area contributed by atoms with Crippen molar-refractivity contribution >= 4 is 16.9 Å². The van der Waals surface area contributed by atoms with Gasteiger partial charge in [-0.3, -0.25) is 4.79 Å². The molecule has 24 heavy (non-hydrogen) atoms. The highest BCUT2D eigenvalue weighted by molar-refractivity contribution is 5.96. The summed E-state index contributed by atoms with van der Waals surface area (Å²) in [5.41, 5.74) is 0.761. The minimum Gasteiger partial charge on any atom is -0.451 e. The second kappa shape index (κ2) is 6.15. The summed E-state index contributed by atoms with van der Waals surface area (Å²) >= 11 is 0. The summed E-state index contributed by atoms with van der Waals surface area (Å²) in [4.78, 5) is 19.2. The molecule has 1 aromatic carbocycles. The Bertz CT molecular complexity index is 831. The highest BCUT2D eigenvalue weighted by atomic mass is 16.3. The number of amides is 1. The number of piperidine rings is 1. The molecule has 1 fully saturated rings. The van der Waals surface area contributed by atoms with Gasteiger partial charge in [0.25, 0.3) is 5.91 Å². The van der Waals surface area contributed by atoms with Gasteiger partial charge in [0.2, 0.25) is 0 Å². The fraction of sp³-hybridized carbons (Fsp3) is 0.368. The normalized spacial score (nSPS) is 18.2. The number of carbonyl (C=O) groups is 1. The predicted octanol–water partition coefficient (Wildman–Crippen LogP) is 3.67. The highest BCUT2D eigenvalue weighted by Crippen LogP contribution is 2.26. The molecule has 1 saturated heterocycles. The number of likely N-dealkylation sites (tertiary alicyclic amines) is 1. The van der Waals surface area contributed by atoms with Gasteiger partial charge in [0.15, 0.2) is 5.76 Å². The number of rotatable bonds is 3. The molecule has 0 spiro atoms. The zero-order chi connectivity index (χ0) is 16.5. The summed E-state index contributed by atoms with van der Waals surface area (Å²) in [7, 11) is 0. The molecule has 1 amide bonds. The molecule has 3 heterocycles. The maximum absolute atomic E-state index is 12.8. The lowest BCUT2D eigenvalue weighted by Gasteiger charge is -2.33. The van der Waals surface area contributed by atoms with Crippen LogP contribution in [0.3, 0.4) is 0 Å². The number of para-hydroxylation sites is 1. The first-order chi connectivity index (χ1) is 11.8. The standard InChI is InChI=1S/C19H21N3O2/c1-2-18-20-9-11-22(18)15-7-5-10-21(13-15)19(23)17-12-14-6-3-4-8-16(14)24-17/h3-4,6,8-9,11-12,15H,2,5,7,10,13H2,1H3/t15-/m1/s1. The molecule has 124 valence electrons. The quantitative estimate of drug-likeness (QED) is 0.739. The van der Waals surface area contributed by atoms with E-state index in [2.05, 4.69) is 16.5 Å². The van der Waals surface area contributed by atoms with Crippen molar-refractivity contribution < 1.29 is 9.21 Å². The zero-order valence-electron chi connectivity index (χ0n) is 13.8. The Balaban J connectivity index is 1.56. The van der Waals surface area contributed by atoms with Gasteiger partial charge in [-0.25, -0.2) is 4.98 Å². The average molecular weight is 323 g/mol. The fourth-order valence-electron chi connectivity index (χ4n) is 3.56. The Morgan fingerprint density at radius 3 is 3.08 bits per heavy atom. The third-order valence-corrected chi connectivity index (χ3v) is 4.78. The highest BCUT2D eigenvalue weighted by Gasteiger charge is 2.28. The van der Waals surface area contributed by atoms with Gasteiger partial charge in [0, 0.05) is 37.3 Å². The Morgan fingerprint density at radius 2 is 2.25 bits per heavy atom. The second-order valence-corrected chi connectivity index (χ2v) is 6.30. The summed E-state index contributed by atoms with van der Waals surface area (Å²) in [6.07, 6.45) is 6.85. The van der Waals surface area contributed by atoms with Crippen LogP contribution in [0.4, 0.5) is 0 Å². The summed E-state index contributed by atoms with van der Waals surface area (Å²) in [6.45, 7) is 3.60. The molecule has 0 radical (unpaired) electrons. The number of imidazole rings is 1. The van der Waals surface area contributed by atoms with Crippen LogP contribution >= 0.6 is 0 Å². The van der Waals surface area contributed by atoms with E-state index in [9.17, 15) is 4.79 Å². The maximum Gasteiger partial charge on any atom is 0.289 e. The minimum atomic E-state index is -0.0194. The van der Waals surface area contributed by atoms with Crippen LogP contribution in [0.15, 0.2) is 47.1 Å². The number of hydrogen-bond acceptors (Lipinski definition) is 3. The molecule has 3 aromatic rings. The molecular weight excluding hydrogens is 302 g/mol. The third-order valence-electron chi connectivity index (χ3n) is 4.78. The molecule has 0 unspecified atom stereocenters. The molecule has 0 N–H and O–H groups in total. The molecule has 5 nitrogen and oxygen atoms in total. The first-order valence-electron chi connectivity index (χ1n) is 8.56. The Morgan fingerprint density at radius 1 is 1.38 bits per heavy atom. The zero-order valence-corrected chi connectivity index (χ0v) is 13.8. The van der Waals surface area contributed by atoms with Crippen LogP contribution in [0.25, 0.3) is 11.0 Å². The van der Waals surface area contributed by atoms with Crippen molar-refractivity contribution in [3.8, 4) is 0 Å². The van der Waals surface area contributed by atoms with Crippen LogP contribution in [-0.2, 0) is 6.42 Å². The summed E-state index contributed by atoms with van der Waals surface area (Å²) in [6, 6.07) is 9.87. The lowest BCUT2D eigenvalue weighted by atomic mass is 10.0. The third kappa shape index (κ3) is 2.60. The van der Waals surface area contributed by atoms with Crippen molar-refractivity contribution in [1.82, 2.24) is 14.5 Å². The van der Waals surface area contributed by atoms with Gasteiger partial charge in [0.05, 0.1) is 6.04 Å². The van der Waals surface area contributed by atoms with Crippen molar-refractivity contribution in [3.05, 3.63) is 54.3 Å². The van der Waals surface area contributed by atoms with Gasteiger partial charge in [-0.05, 0) is 25.0 Å². The molecule has 0 bridgehead atoms. The van der Waals surface area contributed by atoms with Crippen LogP contribution in [0.2, 0.25) is 0 Å². The van der Waals surface area contributed by atoms with Gasteiger partial charge >= 0.3 is 0 Å². The summed E-state index contributed by atoms with van der Waals surface area (Å²) in [5.74, 6) is 1.49. The number of carbonyl (C=O) groups excluding carboxylic acids is 1. The number of aryl methyl sites for hydroxylation is 1. The van der Waals surface area contributed by atoms with E-state index in [1.807, 2.05) is 47.6 Å². The Labute approximate surface area is 140 Å². The molecule has 1 aliphatic heterocycles. The monoisotopic (exact) mass is 323 g/mol. The van der Waals surface area contributed by atoms with Crippen LogP contribution in [-0.4, -0.2) is 33.4 Å². The van der Waals surface area contributed by atoms with Gasteiger partial charge in [-0.1, -0.05) is 25.1 Å². The molecule has 4 rings (SSSR count). The van der Waals surface area contributed by atoms with Gasteiger partial charge < -0.3 is 13.9 Å². The molecule has 1 atom stereocenters. The van der Waals surface area contributed by atoms with E-state index in [1.54, 1.807) is 0 Å². The van der Waals surface area contributed by atoms with Crippen molar-refractivity contribution in [2.45, 2.75) is 32.2 Å². The fourth-order valence-corrected chi connectivity index (χ4v) is 3.56. The van der Waals surface area contributed by atoms with Crippen LogP contribution in [0, 0.1) is 0 Å². The van der Waals surface area contributed by atoms with E-state index in [-0.39, 0.29) is 5.91 Å². The predicted molar refractivity (Wildman–Crippen MR) is 92.0 cm³/mol. The largest absolute Gasteiger partial charge is 0.451 e. The van der Waals surface area contributed by atoms with E-state index >= 15 is 0 Å². The molecular formula is C19H21N3O2. The van der Waals surface area contributed by atoms with Gasteiger partial charge in [0.1, 0.15) is 11.4 Å². The molecule has 0 aliphatic carbocycles. The number of benzene rings is 1. The Hall–Kier alpha value is -2.56. The van der Waals surface area contributed by atoms with E-state index in [0.717, 1.165) is 42.6 Å². The lowest BCUT2D eigenvalue weighted by Crippen LogP contribution is -2.40. The molecule has 0 saturated carbocycles. The van der Waals surface area contributed by atoms with E-state index in [4.69, 9.17) is 4.42 Å². The smallest absolute Gasteiger partial charge is 0.289 e. The minimum absolute atomic E-state index is 0.0194. The van der Waals surface area contributed by atoms with Crippen molar-refractivity contribution in [1.29, 1.82) is 0 Å². The Kier molecular flexibility index (Phi) is 3.84. The van der Waals surface area contributed by atoms with Crippen molar-refractivity contribution in [3.63, 3.8) is 0 Å². The van der Waals surface area contributed by atoms with Crippen molar-refractivity contribution in [2.24, 2.45) is 0 Å². The molecule has 1 aliphatic rings. The van der Waals surface area contributed by atoms with Gasteiger partial charge in [-0.2, -0.15) is 0 Å². The maximum atomic E-state index is 12.8. The van der Waals surface area contributed by atoms with E-state index < -0.39 is 0 Å². The number of fused-ring (bicyclic) bond motifs is 1. The van der Waals surface area contributed by atoms with Crippen LogP contribution in [0.5, 0.6) is 0 Å². The van der Waals surface area contributed by atoms with Crippen LogP contribution in [0.1, 0.15) is 42.2 Å². The van der Waals surface area contributed by atoms with Crippen molar-refractivity contribution in [2.75, 3.05) is 13.1 Å². The SMILES string of the molecule is CCc1nccn1[C@@H]1CCCN(C(=O)c2cc3ccccc3o2)C1. The van der Waals surface area contributed by atoms with Crippen LogP contribution < -0.4 is 0 Å². The van der Waals surface area contributed by atoms with E-state index in [1.165, 1.54) is 0 Å². The average Bonchev–Trinajstić information content (AvgIpc) is 3.27. The number of furan rings is 1. The summed E-state index contributed by atoms with van der Waals surface area (Å²) < 4.78 is 7.96. The van der Waals surface area contributed by atoms with E-state index in [0.29, 0.717) is 18.3 Å². The number of hydrogen-bond donors (Lipinski definition) is 0. The lowest BCUT2D eigenvalue weighted by molar-refractivity contribution is 0.0648. The van der Waals surface area contributed by atoms with Gasteiger partial charge in [-0.15, -0.1) is 0 Å². The first-order valence-corrected chi connectivity index (χ1v) is 8.56. The number of aromatic nitrogens is 2. The summed E-state index contributed by atoms with van der Waals surface area (Å²) in [5, 5.41) is 0.970. The second-order valence-electron chi connectivity index (χ2n) is 6.30. The topological polar surface area (TPSA) is 51.3 Å². The number of nitrogens with zero attached hydrogens (tertiary/aromatic N) is 3. The molecule has 5 heteroatoms. The molecule has 2 aromatic heterocycles. The first kappa shape index (κ1) is 15.0.